The molecule has 5 heteroatoms. The Hall–Kier alpha value is -4.56. The number of carbonyl (C=O) groups is 1. The average Bonchev–Trinajstić information content (AvgIpc) is 2.88. The Morgan fingerprint density at radius 3 is 2.44 bits per heavy atom. The summed E-state index contributed by atoms with van der Waals surface area (Å²) in [5.41, 5.74) is 3.05. The summed E-state index contributed by atoms with van der Waals surface area (Å²) in [5.74, 6) is 0.873. The lowest BCUT2D eigenvalue weighted by molar-refractivity contribution is -0.120. The molecule has 166 valence electrons. The van der Waals surface area contributed by atoms with Crippen LogP contribution in [-0.4, -0.2) is 13.0 Å². The molecule has 0 aromatic heterocycles. The van der Waals surface area contributed by atoms with Gasteiger partial charge in [0.15, 0.2) is 0 Å². The van der Waals surface area contributed by atoms with Crippen LogP contribution >= 0.6 is 0 Å². The number of allylic oxidation sites excluding steroid dienone is 1. The fourth-order valence-electron chi connectivity index (χ4n) is 4.39. The van der Waals surface area contributed by atoms with Crippen molar-refractivity contribution >= 4 is 16.7 Å². The summed E-state index contributed by atoms with van der Waals surface area (Å²) in [4.78, 5) is 12.8. The van der Waals surface area contributed by atoms with Crippen molar-refractivity contribution in [2.75, 3.05) is 7.11 Å². The largest absolute Gasteiger partial charge is 0.497 e. The standard InChI is InChI=1S/C29H22N2O3/c1-33-22-14-11-21(12-15-22)27-24(18-30)29(31-26(32)17-19-7-3-2-4-8-19)34-25-16-13-20-9-5-6-10-23(20)28(25)27/h2-16,27H,17H2,1H3,(H,31,32)/t27-/m1/s1. The molecule has 0 aliphatic carbocycles. The Morgan fingerprint density at radius 1 is 0.971 bits per heavy atom. The second-order valence-corrected chi connectivity index (χ2v) is 8.07. The first kappa shape index (κ1) is 21.3. The third-order valence-corrected chi connectivity index (χ3v) is 5.99. The van der Waals surface area contributed by atoms with Crippen LogP contribution in [-0.2, 0) is 11.2 Å². The number of amides is 1. The minimum atomic E-state index is -0.405. The van der Waals surface area contributed by atoms with Crippen LogP contribution in [0.15, 0.2) is 102 Å². The van der Waals surface area contributed by atoms with E-state index < -0.39 is 5.92 Å². The molecule has 0 spiro atoms. The van der Waals surface area contributed by atoms with Gasteiger partial charge in [0.2, 0.25) is 11.8 Å². The first-order valence-corrected chi connectivity index (χ1v) is 11.0. The van der Waals surface area contributed by atoms with E-state index in [9.17, 15) is 10.1 Å². The van der Waals surface area contributed by atoms with Gasteiger partial charge in [-0.25, -0.2) is 0 Å². The maximum absolute atomic E-state index is 12.8. The molecule has 1 N–H and O–H groups in total. The van der Waals surface area contributed by atoms with Crippen LogP contribution in [0.5, 0.6) is 11.5 Å². The topological polar surface area (TPSA) is 71.3 Å². The minimum Gasteiger partial charge on any atom is -0.497 e. The number of benzene rings is 4. The van der Waals surface area contributed by atoms with Crippen LogP contribution in [0.4, 0.5) is 0 Å². The maximum Gasteiger partial charge on any atom is 0.231 e. The van der Waals surface area contributed by atoms with Crippen molar-refractivity contribution in [1.29, 1.82) is 5.26 Å². The summed E-state index contributed by atoms with van der Waals surface area (Å²) < 4.78 is 11.5. The van der Waals surface area contributed by atoms with Gasteiger partial charge < -0.3 is 9.47 Å². The van der Waals surface area contributed by atoms with Gasteiger partial charge in [-0.2, -0.15) is 5.26 Å². The molecule has 1 heterocycles. The zero-order chi connectivity index (χ0) is 23.5. The second-order valence-electron chi connectivity index (χ2n) is 8.07. The summed E-state index contributed by atoms with van der Waals surface area (Å²) in [5, 5.41) is 15.1. The maximum atomic E-state index is 12.8. The minimum absolute atomic E-state index is 0.173. The van der Waals surface area contributed by atoms with E-state index in [4.69, 9.17) is 9.47 Å². The zero-order valence-corrected chi connectivity index (χ0v) is 18.6. The molecule has 0 bridgehead atoms. The van der Waals surface area contributed by atoms with E-state index in [1.807, 2.05) is 91.0 Å². The van der Waals surface area contributed by atoms with E-state index in [1.54, 1.807) is 7.11 Å². The highest BCUT2D eigenvalue weighted by molar-refractivity contribution is 5.90. The SMILES string of the molecule is COc1ccc([C@@H]2C(C#N)=C(NC(=O)Cc3ccccc3)Oc3ccc4ccccc4c32)cc1. The smallest absolute Gasteiger partial charge is 0.231 e. The lowest BCUT2D eigenvalue weighted by Gasteiger charge is -2.29. The van der Waals surface area contributed by atoms with Gasteiger partial charge in [0.1, 0.15) is 23.1 Å². The van der Waals surface area contributed by atoms with Gasteiger partial charge in [0.05, 0.1) is 19.4 Å². The number of nitrogens with zero attached hydrogens (tertiary/aromatic N) is 1. The summed E-state index contributed by atoms with van der Waals surface area (Å²) in [7, 11) is 1.62. The molecule has 4 aromatic carbocycles. The number of fused-ring (bicyclic) bond motifs is 3. The number of ether oxygens (including phenoxy) is 2. The Bertz CT molecular complexity index is 1430. The summed E-state index contributed by atoms with van der Waals surface area (Å²) in [6.07, 6.45) is 0.185. The van der Waals surface area contributed by atoms with Gasteiger partial charge in [-0.3, -0.25) is 10.1 Å². The predicted molar refractivity (Wildman–Crippen MR) is 130 cm³/mol. The number of hydrogen-bond acceptors (Lipinski definition) is 4. The number of methoxy groups -OCH3 is 1. The molecule has 34 heavy (non-hydrogen) atoms. The molecule has 5 rings (SSSR count). The molecule has 1 aliphatic heterocycles. The van der Waals surface area contributed by atoms with E-state index in [2.05, 4.69) is 11.4 Å². The highest BCUT2D eigenvalue weighted by Gasteiger charge is 2.33. The van der Waals surface area contributed by atoms with Gasteiger partial charge in [0.25, 0.3) is 0 Å². The summed E-state index contributed by atoms with van der Waals surface area (Å²) in [6, 6.07) is 31.3. The van der Waals surface area contributed by atoms with Crippen LogP contribution in [0.1, 0.15) is 22.6 Å². The molecule has 0 radical (unpaired) electrons. The lowest BCUT2D eigenvalue weighted by atomic mass is 9.81. The van der Waals surface area contributed by atoms with Gasteiger partial charge >= 0.3 is 0 Å². The third-order valence-electron chi connectivity index (χ3n) is 5.99. The van der Waals surface area contributed by atoms with Crippen molar-refractivity contribution in [2.45, 2.75) is 12.3 Å². The molecule has 0 fully saturated rings. The molecular weight excluding hydrogens is 424 g/mol. The average molecular weight is 447 g/mol. The number of nitriles is 1. The normalized spacial score (nSPS) is 14.6. The Kier molecular flexibility index (Phi) is 5.72. The molecule has 1 aliphatic rings. The first-order chi connectivity index (χ1) is 16.7. The molecular formula is C29H22N2O3. The van der Waals surface area contributed by atoms with E-state index in [1.165, 1.54) is 0 Å². The van der Waals surface area contributed by atoms with Crippen LogP contribution < -0.4 is 14.8 Å². The molecule has 1 atom stereocenters. The second kappa shape index (κ2) is 9.13. The Morgan fingerprint density at radius 2 is 1.71 bits per heavy atom. The zero-order valence-electron chi connectivity index (χ0n) is 18.6. The Labute approximate surface area is 197 Å². The van der Waals surface area contributed by atoms with Crippen molar-refractivity contribution in [2.24, 2.45) is 0 Å². The van der Waals surface area contributed by atoms with E-state index >= 15 is 0 Å². The van der Waals surface area contributed by atoms with Gasteiger partial charge in [-0.05, 0) is 40.1 Å². The molecule has 0 unspecified atom stereocenters. The van der Waals surface area contributed by atoms with E-state index in [0.717, 1.165) is 33.2 Å². The monoisotopic (exact) mass is 446 g/mol. The summed E-state index contributed by atoms with van der Waals surface area (Å²) in [6.45, 7) is 0. The van der Waals surface area contributed by atoms with Crippen LogP contribution in [0.2, 0.25) is 0 Å². The third kappa shape index (κ3) is 3.98. The van der Waals surface area contributed by atoms with E-state index in [0.29, 0.717) is 11.3 Å². The quantitative estimate of drug-likeness (QED) is 0.441. The Balaban J connectivity index is 1.61. The van der Waals surface area contributed by atoms with Crippen LogP contribution in [0.25, 0.3) is 10.8 Å². The summed E-state index contributed by atoms with van der Waals surface area (Å²) >= 11 is 0. The highest BCUT2D eigenvalue weighted by atomic mass is 16.5. The number of carbonyl (C=O) groups excluding carboxylic acids is 1. The fraction of sp³-hybridized carbons (Fsp3) is 0.103. The number of nitrogens with one attached hydrogen (secondary N) is 1. The molecule has 1 amide bonds. The predicted octanol–water partition coefficient (Wildman–Crippen LogP) is 5.47. The molecule has 0 saturated heterocycles. The van der Waals surface area contributed by atoms with Crippen molar-refractivity contribution in [3.05, 3.63) is 119 Å². The van der Waals surface area contributed by atoms with Gasteiger partial charge in [0, 0.05) is 5.56 Å². The van der Waals surface area contributed by atoms with Crippen molar-refractivity contribution in [1.82, 2.24) is 5.32 Å². The van der Waals surface area contributed by atoms with Gasteiger partial charge in [-0.15, -0.1) is 0 Å². The molecule has 0 saturated carbocycles. The molecule has 5 nitrogen and oxygen atoms in total. The lowest BCUT2D eigenvalue weighted by Crippen LogP contribution is -2.32. The van der Waals surface area contributed by atoms with Crippen molar-refractivity contribution < 1.29 is 14.3 Å². The van der Waals surface area contributed by atoms with Crippen LogP contribution in [0, 0.1) is 11.3 Å². The number of hydrogen-bond donors (Lipinski definition) is 1. The van der Waals surface area contributed by atoms with Gasteiger partial charge in [-0.1, -0.05) is 72.8 Å². The number of rotatable bonds is 5. The van der Waals surface area contributed by atoms with Crippen LogP contribution in [0.3, 0.4) is 0 Å². The first-order valence-electron chi connectivity index (χ1n) is 11.0. The molecule has 4 aromatic rings. The van der Waals surface area contributed by atoms with Crippen molar-refractivity contribution in [3.63, 3.8) is 0 Å². The van der Waals surface area contributed by atoms with E-state index in [-0.39, 0.29) is 18.2 Å². The highest BCUT2D eigenvalue weighted by Crippen LogP contribution is 2.46. The fourth-order valence-corrected chi connectivity index (χ4v) is 4.39. The van der Waals surface area contributed by atoms with Crippen molar-refractivity contribution in [3.8, 4) is 17.6 Å².